The smallest absolute Gasteiger partial charge is 0.157 e. The topological polar surface area (TPSA) is 90.2 Å². The standard InChI is InChI=1S/C16H16O5/c1-8-4-12(18)10-7-14(20)16(21-15(10)5-8)9-2-3-11(17)13(19)6-9/h2-6,14,16-20H,7H2,1H3/t14?,16-/m1/s1. The number of benzene rings is 2. The molecule has 1 aliphatic rings. The number of aliphatic hydroxyl groups is 1. The quantitative estimate of drug-likeness (QED) is 0.604. The Morgan fingerprint density at radius 1 is 1.00 bits per heavy atom. The summed E-state index contributed by atoms with van der Waals surface area (Å²) >= 11 is 0. The van der Waals surface area contributed by atoms with E-state index in [9.17, 15) is 20.4 Å². The first kappa shape index (κ1) is 13.6. The monoisotopic (exact) mass is 288 g/mol. The molecule has 3 rings (SSSR count). The summed E-state index contributed by atoms with van der Waals surface area (Å²) in [5, 5.41) is 39.1. The number of ether oxygens (including phenoxy) is 1. The summed E-state index contributed by atoms with van der Waals surface area (Å²) in [6.07, 6.45) is -1.26. The molecule has 5 heteroatoms. The van der Waals surface area contributed by atoms with Crippen molar-refractivity contribution in [2.24, 2.45) is 0 Å². The largest absolute Gasteiger partial charge is 0.508 e. The minimum atomic E-state index is -0.852. The summed E-state index contributed by atoms with van der Waals surface area (Å²) in [6, 6.07) is 7.73. The number of fused-ring (bicyclic) bond motifs is 1. The van der Waals surface area contributed by atoms with Crippen LogP contribution in [0.3, 0.4) is 0 Å². The van der Waals surface area contributed by atoms with E-state index in [2.05, 4.69) is 0 Å². The van der Waals surface area contributed by atoms with Crippen molar-refractivity contribution in [3.05, 3.63) is 47.0 Å². The molecule has 1 unspecified atom stereocenters. The van der Waals surface area contributed by atoms with Crippen LogP contribution in [0.15, 0.2) is 30.3 Å². The Balaban J connectivity index is 2.00. The molecule has 0 bridgehead atoms. The summed E-state index contributed by atoms with van der Waals surface area (Å²) in [5.74, 6) is 0.144. The molecule has 0 aromatic heterocycles. The van der Waals surface area contributed by atoms with Crippen molar-refractivity contribution in [2.45, 2.75) is 25.6 Å². The third kappa shape index (κ3) is 2.36. The average Bonchev–Trinajstić information content (AvgIpc) is 2.42. The van der Waals surface area contributed by atoms with E-state index in [0.717, 1.165) is 5.56 Å². The van der Waals surface area contributed by atoms with Crippen LogP contribution in [0, 0.1) is 6.92 Å². The van der Waals surface area contributed by atoms with Crippen molar-refractivity contribution < 1.29 is 25.2 Å². The fourth-order valence-corrected chi connectivity index (χ4v) is 2.61. The lowest BCUT2D eigenvalue weighted by Gasteiger charge is -2.31. The minimum Gasteiger partial charge on any atom is -0.508 e. The van der Waals surface area contributed by atoms with Crippen LogP contribution in [0.2, 0.25) is 0 Å². The number of aryl methyl sites for hydroxylation is 1. The zero-order valence-electron chi connectivity index (χ0n) is 11.4. The molecule has 21 heavy (non-hydrogen) atoms. The fourth-order valence-electron chi connectivity index (χ4n) is 2.61. The first-order chi connectivity index (χ1) is 9.95. The van der Waals surface area contributed by atoms with Crippen LogP contribution >= 0.6 is 0 Å². The van der Waals surface area contributed by atoms with Gasteiger partial charge in [0, 0.05) is 12.0 Å². The Labute approximate surface area is 121 Å². The van der Waals surface area contributed by atoms with Gasteiger partial charge in [-0.2, -0.15) is 0 Å². The summed E-state index contributed by atoms with van der Waals surface area (Å²) in [7, 11) is 0. The number of rotatable bonds is 1. The highest BCUT2D eigenvalue weighted by atomic mass is 16.5. The van der Waals surface area contributed by atoms with Crippen LogP contribution in [0.1, 0.15) is 22.8 Å². The second kappa shape index (κ2) is 4.86. The lowest BCUT2D eigenvalue weighted by atomic mass is 9.93. The number of hydrogen-bond acceptors (Lipinski definition) is 5. The number of aromatic hydroxyl groups is 3. The Hall–Kier alpha value is -2.40. The van der Waals surface area contributed by atoms with Gasteiger partial charge in [-0.3, -0.25) is 0 Å². The van der Waals surface area contributed by atoms with Gasteiger partial charge in [0.15, 0.2) is 11.5 Å². The zero-order valence-corrected chi connectivity index (χ0v) is 11.4. The van der Waals surface area contributed by atoms with Crippen molar-refractivity contribution in [1.82, 2.24) is 0 Å². The molecule has 0 saturated heterocycles. The third-order valence-electron chi connectivity index (χ3n) is 3.67. The maximum absolute atomic E-state index is 10.2. The molecule has 0 amide bonds. The van der Waals surface area contributed by atoms with E-state index in [1.165, 1.54) is 12.1 Å². The number of aliphatic hydroxyl groups excluding tert-OH is 1. The van der Waals surface area contributed by atoms with E-state index in [1.807, 2.05) is 6.92 Å². The normalized spacial score (nSPS) is 20.7. The van der Waals surface area contributed by atoms with Crippen molar-refractivity contribution in [3.8, 4) is 23.0 Å². The highest BCUT2D eigenvalue weighted by molar-refractivity contribution is 5.50. The molecule has 1 aliphatic heterocycles. The molecule has 0 spiro atoms. The lowest BCUT2D eigenvalue weighted by Crippen LogP contribution is -2.30. The molecule has 0 radical (unpaired) electrons. The zero-order chi connectivity index (χ0) is 15.1. The molecular weight excluding hydrogens is 272 g/mol. The van der Waals surface area contributed by atoms with Gasteiger partial charge in [-0.15, -0.1) is 0 Å². The molecule has 2 aromatic carbocycles. The third-order valence-corrected chi connectivity index (χ3v) is 3.67. The highest BCUT2D eigenvalue weighted by Crippen LogP contribution is 2.41. The molecule has 1 heterocycles. The SMILES string of the molecule is Cc1cc(O)c2c(c1)O[C@H](c1ccc(O)c(O)c1)C(O)C2. The summed E-state index contributed by atoms with van der Waals surface area (Å²) < 4.78 is 5.78. The number of hydrogen-bond donors (Lipinski definition) is 4. The van der Waals surface area contributed by atoms with Crippen LogP contribution in [0.25, 0.3) is 0 Å². The van der Waals surface area contributed by atoms with Gasteiger partial charge in [-0.1, -0.05) is 6.07 Å². The number of phenolic OH excluding ortho intramolecular Hbond substituents is 3. The second-order valence-electron chi connectivity index (χ2n) is 5.32. The van der Waals surface area contributed by atoms with Crippen LogP contribution in [0.5, 0.6) is 23.0 Å². The number of phenols is 3. The van der Waals surface area contributed by atoms with Gasteiger partial charge in [-0.05, 0) is 42.3 Å². The Kier molecular flexibility index (Phi) is 3.14. The van der Waals surface area contributed by atoms with Gasteiger partial charge in [-0.25, -0.2) is 0 Å². The Morgan fingerprint density at radius 3 is 2.48 bits per heavy atom. The van der Waals surface area contributed by atoms with E-state index >= 15 is 0 Å². The van der Waals surface area contributed by atoms with Crippen molar-refractivity contribution >= 4 is 0 Å². The van der Waals surface area contributed by atoms with E-state index in [4.69, 9.17) is 4.74 Å². The molecule has 0 saturated carbocycles. The molecule has 0 aliphatic carbocycles. The summed E-state index contributed by atoms with van der Waals surface area (Å²) in [6.45, 7) is 1.84. The molecule has 2 atom stereocenters. The van der Waals surface area contributed by atoms with Crippen LogP contribution in [0.4, 0.5) is 0 Å². The van der Waals surface area contributed by atoms with E-state index in [1.54, 1.807) is 18.2 Å². The Bertz CT molecular complexity index is 695. The van der Waals surface area contributed by atoms with Crippen LogP contribution in [-0.2, 0) is 6.42 Å². The van der Waals surface area contributed by atoms with Crippen LogP contribution < -0.4 is 4.74 Å². The summed E-state index contributed by atoms with van der Waals surface area (Å²) in [4.78, 5) is 0. The van der Waals surface area contributed by atoms with Crippen molar-refractivity contribution in [3.63, 3.8) is 0 Å². The first-order valence-corrected chi connectivity index (χ1v) is 6.65. The van der Waals surface area contributed by atoms with E-state index < -0.39 is 12.2 Å². The average molecular weight is 288 g/mol. The van der Waals surface area contributed by atoms with Crippen molar-refractivity contribution in [2.75, 3.05) is 0 Å². The van der Waals surface area contributed by atoms with Gasteiger partial charge >= 0.3 is 0 Å². The molecule has 2 aromatic rings. The minimum absolute atomic E-state index is 0.107. The second-order valence-corrected chi connectivity index (χ2v) is 5.32. The summed E-state index contributed by atoms with van der Waals surface area (Å²) in [5.41, 5.74) is 1.99. The first-order valence-electron chi connectivity index (χ1n) is 6.65. The predicted octanol–water partition coefficient (Wildman–Crippen LogP) is 2.15. The van der Waals surface area contributed by atoms with Gasteiger partial charge < -0.3 is 25.2 Å². The lowest BCUT2D eigenvalue weighted by molar-refractivity contribution is 0.0198. The predicted molar refractivity (Wildman–Crippen MR) is 75.7 cm³/mol. The van der Waals surface area contributed by atoms with Gasteiger partial charge in [0.1, 0.15) is 17.6 Å². The van der Waals surface area contributed by atoms with Gasteiger partial charge in [0.25, 0.3) is 0 Å². The van der Waals surface area contributed by atoms with Crippen LogP contribution in [-0.4, -0.2) is 26.5 Å². The van der Waals surface area contributed by atoms with Crippen molar-refractivity contribution in [1.29, 1.82) is 0 Å². The molecule has 110 valence electrons. The van der Waals surface area contributed by atoms with E-state index in [-0.39, 0.29) is 23.7 Å². The maximum atomic E-state index is 10.2. The maximum Gasteiger partial charge on any atom is 0.157 e. The molecule has 5 nitrogen and oxygen atoms in total. The molecule has 0 fully saturated rings. The van der Waals surface area contributed by atoms with Gasteiger partial charge in [0.05, 0.1) is 6.10 Å². The fraction of sp³-hybridized carbons (Fsp3) is 0.250. The highest BCUT2D eigenvalue weighted by Gasteiger charge is 2.32. The van der Waals surface area contributed by atoms with E-state index in [0.29, 0.717) is 16.9 Å². The Morgan fingerprint density at radius 2 is 1.76 bits per heavy atom. The van der Waals surface area contributed by atoms with Gasteiger partial charge in [0.2, 0.25) is 0 Å². The molecule has 4 N–H and O–H groups in total. The molecular formula is C16H16O5.